The number of ketones is 2. The molecular weight excluding hydrogens is 216 g/mol. The van der Waals surface area contributed by atoms with Gasteiger partial charge in [-0.25, -0.2) is 0 Å². The highest BCUT2D eigenvalue weighted by molar-refractivity contribution is 6.50. The quantitative estimate of drug-likeness (QED) is 0.749. The molecule has 0 bridgehead atoms. The van der Waals surface area contributed by atoms with Crippen molar-refractivity contribution in [2.75, 3.05) is 6.61 Å². The molecule has 17 heavy (non-hydrogen) atoms. The lowest BCUT2D eigenvalue weighted by Gasteiger charge is -2.17. The van der Waals surface area contributed by atoms with Gasteiger partial charge in [0.15, 0.2) is 0 Å². The molecule has 0 saturated carbocycles. The van der Waals surface area contributed by atoms with Crippen molar-refractivity contribution in [3.05, 3.63) is 41.5 Å². The Balaban J connectivity index is 2.36. The smallest absolute Gasteiger partial charge is 0.233 e. The molecule has 3 nitrogen and oxygen atoms in total. The topological polar surface area (TPSA) is 43.4 Å². The van der Waals surface area contributed by atoms with Gasteiger partial charge in [0, 0.05) is 17.2 Å². The van der Waals surface area contributed by atoms with E-state index in [4.69, 9.17) is 4.74 Å². The monoisotopic (exact) mass is 230 g/mol. The zero-order chi connectivity index (χ0) is 12.4. The van der Waals surface area contributed by atoms with E-state index >= 15 is 0 Å². The van der Waals surface area contributed by atoms with E-state index in [2.05, 4.69) is 0 Å². The second-order valence-electron chi connectivity index (χ2n) is 4.45. The third-order valence-electron chi connectivity index (χ3n) is 2.50. The number of hydrogen-bond donors (Lipinski definition) is 0. The van der Waals surface area contributed by atoms with Crippen LogP contribution in [0.2, 0.25) is 0 Å². The van der Waals surface area contributed by atoms with E-state index in [0.717, 1.165) is 0 Å². The average molecular weight is 230 g/mol. The van der Waals surface area contributed by atoms with Crippen molar-refractivity contribution in [3.8, 4) is 0 Å². The first kappa shape index (κ1) is 11.6. The third kappa shape index (κ3) is 2.28. The Morgan fingerprint density at radius 1 is 1.12 bits per heavy atom. The van der Waals surface area contributed by atoms with Gasteiger partial charge in [-0.05, 0) is 5.92 Å². The number of fused-ring (bicyclic) bond motifs is 1. The van der Waals surface area contributed by atoms with Crippen LogP contribution < -0.4 is 0 Å². The first-order valence-electron chi connectivity index (χ1n) is 5.62. The highest BCUT2D eigenvalue weighted by Gasteiger charge is 2.26. The van der Waals surface area contributed by atoms with Crippen LogP contribution in [0, 0.1) is 5.92 Å². The van der Waals surface area contributed by atoms with Gasteiger partial charge in [0.1, 0.15) is 5.76 Å². The van der Waals surface area contributed by atoms with E-state index in [0.29, 0.717) is 29.4 Å². The molecule has 0 amide bonds. The summed E-state index contributed by atoms with van der Waals surface area (Å²) in [4.78, 5) is 23.2. The predicted octanol–water partition coefficient (Wildman–Crippen LogP) is 2.47. The minimum absolute atomic E-state index is 0.371. The number of carbonyl (C=O) groups is 2. The van der Waals surface area contributed by atoms with E-state index in [9.17, 15) is 9.59 Å². The zero-order valence-electron chi connectivity index (χ0n) is 9.90. The molecule has 1 aliphatic rings. The van der Waals surface area contributed by atoms with E-state index in [1.54, 1.807) is 18.2 Å². The van der Waals surface area contributed by atoms with Gasteiger partial charge >= 0.3 is 0 Å². The average Bonchev–Trinajstić information content (AvgIpc) is 2.32. The van der Waals surface area contributed by atoms with Crippen molar-refractivity contribution >= 4 is 17.3 Å². The molecule has 0 unspecified atom stereocenters. The summed E-state index contributed by atoms with van der Waals surface area (Å²) in [6, 6.07) is 7.02. The van der Waals surface area contributed by atoms with E-state index in [1.165, 1.54) is 6.08 Å². The summed E-state index contributed by atoms with van der Waals surface area (Å²) in [7, 11) is 0. The molecule has 0 heterocycles. The maximum Gasteiger partial charge on any atom is 0.233 e. The van der Waals surface area contributed by atoms with Gasteiger partial charge in [0.05, 0.1) is 6.61 Å². The van der Waals surface area contributed by atoms with Gasteiger partial charge in [-0.3, -0.25) is 9.59 Å². The molecule has 0 fully saturated rings. The predicted molar refractivity (Wildman–Crippen MR) is 64.5 cm³/mol. The SMILES string of the molecule is CC(C)COC1=CC(=O)C(=O)c2ccccc21. The third-order valence-corrected chi connectivity index (χ3v) is 2.50. The molecule has 0 saturated heterocycles. The first-order valence-corrected chi connectivity index (χ1v) is 5.62. The molecule has 1 aromatic rings. The summed E-state index contributed by atoms with van der Waals surface area (Å²) >= 11 is 0. The van der Waals surface area contributed by atoms with Crippen LogP contribution in [0.25, 0.3) is 5.76 Å². The van der Waals surface area contributed by atoms with E-state index in [1.807, 2.05) is 19.9 Å². The van der Waals surface area contributed by atoms with Crippen LogP contribution in [0.4, 0.5) is 0 Å². The zero-order valence-corrected chi connectivity index (χ0v) is 9.90. The van der Waals surface area contributed by atoms with Gasteiger partial charge in [0.2, 0.25) is 11.6 Å². The number of Topliss-reactive ketones (excluding diaryl/α,β-unsaturated/α-hetero) is 1. The van der Waals surface area contributed by atoms with Gasteiger partial charge in [-0.2, -0.15) is 0 Å². The van der Waals surface area contributed by atoms with Crippen molar-refractivity contribution in [2.24, 2.45) is 5.92 Å². The number of hydrogen-bond acceptors (Lipinski definition) is 3. The summed E-state index contributed by atoms with van der Waals surface area (Å²) in [5.41, 5.74) is 1.14. The summed E-state index contributed by atoms with van der Waals surface area (Å²) in [6.45, 7) is 4.59. The summed E-state index contributed by atoms with van der Waals surface area (Å²) in [6.07, 6.45) is 1.28. The summed E-state index contributed by atoms with van der Waals surface area (Å²) in [5.74, 6) is -0.102. The number of carbonyl (C=O) groups excluding carboxylic acids is 2. The largest absolute Gasteiger partial charge is 0.493 e. The molecule has 3 heteroatoms. The summed E-state index contributed by atoms with van der Waals surface area (Å²) < 4.78 is 5.58. The van der Waals surface area contributed by atoms with Gasteiger partial charge in [-0.1, -0.05) is 38.1 Å². The van der Waals surface area contributed by atoms with Crippen LogP contribution in [0.5, 0.6) is 0 Å². The second kappa shape index (κ2) is 4.53. The first-order chi connectivity index (χ1) is 8.09. The second-order valence-corrected chi connectivity index (χ2v) is 4.45. The molecule has 0 radical (unpaired) electrons. The maximum absolute atomic E-state index is 11.7. The Morgan fingerprint density at radius 2 is 1.76 bits per heavy atom. The Kier molecular flexibility index (Phi) is 3.09. The molecule has 1 aliphatic carbocycles. The Labute approximate surface area is 100 Å². The van der Waals surface area contributed by atoms with E-state index < -0.39 is 11.6 Å². The number of benzene rings is 1. The number of ether oxygens (including phenoxy) is 1. The minimum atomic E-state index is -0.512. The fraction of sp³-hybridized carbons (Fsp3) is 0.286. The lowest BCUT2D eigenvalue weighted by Crippen LogP contribution is -2.20. The fourth-order valence-corrected chi connectivity index (χ4v) is 1.67. The number of rotatable bonds is 3. The molecular formula is C14H14O3. The maximum atomic E-state index is 11.7. The lowest BCUT2D eigenvalue weighted by molar-refractivity contribution is -0.111. The molecule has 88 valence electrons. The van der Waals surface area contributed by atoms with Crippen molar-refractivity contribution in [3.63, 3.8) is 0 Å². The van der Waals surface area contributed by atoms with E-state index in [-0.39, 0.29) is 0 Å². The van der Waals surface area contributed by atoms with Crippen LogP contribution in [0.1, 0.15) is 29.8 Å². The van der Waals surface area contributed by atoms with Crippen LogP contribution in [-0.4, -0.2) is 18.2 Å². The Hall–Kier alpha value is -1.90. The highest BCUT2D eigenvalue weighted by atomic mass is 16.5. The summed E-state index contributed by atoms with van der Waals surface area (Å²) in [5, 5.41) is 0. The van der Waals surface area contributed by atoms with Crippen LogP contribution in [0.15, 0.2) is 30.3 Å². The minimum Gasteiger partial charge on any atom is -0.493 e. The lowest BCUT2D eigenvalue weighted by atomic mass is 9.94. The molecule has 0 atom stereocenters. The Bertz CT molecular complexity index is 498. The molecule has 0 aliphatic heterocycles. The fourth-order valence-electron chi connectivity index (χ4n) is 1.67. The van der Waals surface area contributed by atoms with Crippen molar-refractivity contribution in [2.45, 2.75) is 13.8 Å². The molecule has 0 spiro atoms. The standard InChI is InChI=1S/C14H14O3/c1-9(2)8-17-13-7-12(15)14(16)11-6-4-3-5-10(11)13/h3-7,9H,8H2,1-2H3. The number of allylic oxidation sites excluding steroid dienone is 1. The normalized spacial score (nSPS) is 14.6. The molecule has 0 N–H and O–H groups in total. The Morgan fingerprint density at radius 3 is 2.41 bits per heavy atom. The van der Waals surface area contributed by atoms with Crippen LogP contribution in [-0.2, 0) is 9.53 Å². The highest BCUT2D eigenvalue weighted by Crippen LogP contribution is 2.26. The molecule has 1 aromatic carbocycles. The van der Waals surface area contributed by atoms with Crippen LogP contribution >= 0.6 is 0 Å². The van der Waals surface area contributed by atoms with Crippen molar-refractivity contribution < 1.29 is 14.3 Å². The molecule has 0 aromatic heterocycles. The van der Waals surface area contributed by atoms with Gasteiger partial charge < -0.3 is 4.74 Å². The van der Waals surface area contributed by atoms with Crippen molar-refractivity contribution in [1.82, 2.24) is 0 Å². The van der Waals surface area contributed by atoms with Gasteiger partial charge in [-0.15, -0.1) is 0 Å². The van der Waals surface area contributed by atoms with Crippen molar-refractivity contribution in [1.29, 1.82) is 0 Å². The van der Waals surface area contributed by atoms with Gasteiger partial charge in [0.25, 0.3) is 0 Å². The molecule has 2 rings (SSSR count). The van der Waals surface area contributed by atoms with Crippen LogP contribution in [0.3, 0.4) is 0 Å².